The van der Waals surface area contributed by atoms with Crippen LogP contribution >= 0.6 is 0 Å². The van der Waals surface area contributed by atoms with E-state index in [0.29, 0.717) is 11.1 Å². The second-order valence-electron chi connectivity index (χ2n) is 7.43. The standard InChI is InChI=1S/C26H22O4S/c27-26(30-17-24-11-6-10-22-9-4-5-12-25(22)24)23-15-13-21(14-16-23)19-31(28,29)18-20-7-2-1-3-8-20/h1-16H,17-19H2. The average Bonchev–Trinajstić information content (AvgIpc) is 2.78. The smallest absolute Gasteiger partial charge is 0.338 e. The van der Waals surface area contributed by atoms with E-state index in [1.807, 2.05) is 60.7 Å². The summed E-state index contributed by atoms with van der Waals surface area (Å²) < 4.78 is 30.4. The number of esters is 1. The third-order valence-electron chi connectivity index (χ3n) is 5.04. The molecule has 0 N–H and O–H groups in total. The molecule has 4 nitrogen and oxygen atoms in total. The summed E-state index contributed by atoms with van der Waals surface area (Å²) in [6.45, 7) is 0.174. The minimum atomic E-state index is -3.30. The highest BCUT2D eigenvalue weighted by molar-refractivity contribution is 7.89. The molecular formula is C26H22O4S. The zero-order valence-corrected chi connectivity index (χ0v) is 17.7. The summed E-state index contributed by atoms with van der Waals surface area (Å²) in [5.74, 6) is -0.526. The number of fused-ring (bicyclic) bond motifs is 1. The van der Waals surface area contributed by atoms with Gasteiger partial charge in [-0.1, -0.05) is 84.9 Å². The van der Waals surface area contributed by atoms with Crippen LogP contribution in [0.2, 0.25) is 0 Å². The molecule has 0 unspecified atom stereocenters. The van der Waals surface area contributed by atoms with Crippen molar-refractivity contribution in [1.29, 1.82) is 0 Å². The lowest BCUT2D eigenvalue weighted by molar-refractivity contribution is 0.0474. The second kappa shape index (κ2) is 9.14. The van der Waals surface area contributed by atoms with E-state index in [1.165, 1.54) is 0 Å². The highest BCUT2D eigenvalue weighted by atomic mass is 32.2. The maximum Gasteiger partial charge on any atom is 0.338 e. The van der Waals surface area contributed by atoms with Crippen molar-refractivity contribution in [2.75, 3.05) is 0 Å². The maximum absolute atomic E-state index is 12.5. The minimum Gasteiger partial charge on any atom is -0.457 e. The van der Waals surface area contributed by atoms with Crippen LogP contribution < -0.4 is 0 Å². The Morgan fingerprint density at radius 1 is 0.677 bits per heavy atom. The molecule has 0 aliphatic rings. The summed E-state index contributed by atoms with van der Waals surface area (Å²) in [5, 5.41) is 2.15. The fourth-order valence-electron chi connectivity index (χ4n) is 3.52. The van der Waals surface area contributed by atoms with Crippen LogP contribution in [0.3, 0.4) is 0 Å². The third kappa shape index (κ3) is 5.38. The predicted octanol–water partition coefficient (Wildman–Crippen LogP) is 5.31. The number of rotatable bonds is 7. The first-order valence-corrected chi connectivity index (χ1v) is 11.8. The molecule has 0 amide bonds. The molecule has 0 spiro atoms. The number of hydrogen-bond acceptors (Lipinski definition) is 4. The van der Waals surface area contributed by atoms with Crippen LogP contribution in [0.1, 0.15) is 27.0 Å². The average molecular weight is 431 g/mol. The van der Waals surface area contributed by atoms with Gasteiger partial charge >= 0.3 is 5.97 Å². The van der Waals surface area contributed by atoms with Gasteiger partial charge in [-0.15, -0.1) is 0 Å². The van der Waals surface area contributed by atoms with E-state index in [4.69, 9.17) is 4.74 Å². The van der Waals surface area contributed by atoms with Crippen molar-refractivity contribution in [1.82, 2.24) is 0 Å². The fourth-order valence-corrected chi connectivity index (χ4v) is 5.02. The number of carbonyl (C=O) groups excluding carboxylic acids is 1. The Morgan fingerprint density at radius 3 is 2.03 bits per heavy atom. The number of sulfone groups is 1. The Balaban J connectivity index is 1.39. The van der Waals surface area contributed by atoms with Crippen LogP contribution in [0.25, 0.3) is 10.8 Å². The van der Waals surface area contributed by atoms with Crippen LogP contribution in [0, 0.1) is 0 Å². The minimum absolute atomic E-state index is 0.0112. The lowest BCUT2D eigenvalue weighted by Crippen LogP contribution is -2.09. The summed E-state index contributed by atoms with van der Waals surface area (Å²) in [5.41, 5.74) is 2.73. The van der Waals surface area contributed by atoms with E-state index in [2.05, 4.69) is 0 Å². The fraction of sp³-hybridized carbons (Fsp3) is 0.115. The van der Waals surface area contributed by atoms with Crippen LogP contribution in [0.4, 0.5) is 0 Å². The van der Waals surface area contributed by atoms with Crippen molar-refractivity contribution in [3.05, 3.63) is 119 Å². The third-order valence-corrected chi connectivity index (χ3v) is 6.59. The molecule has 4 rings (SSSR count). The first-order chi connectivity index (χ1) is 15.0. The molecule has 0 aliphatic carbocycles. The zero-order valence-electron chi connectivity index (χ0n) is 16.9. The molecule has 0 heterocycles. The summed E-state index contributed by atoms with van der Waals surface area (Å²) in [6, 6.07) is 29.5. The van der Waals surface area contributed by atoms with Crippen LogP contribution in [0.15, 0.2) is 97.1 Å². The Labute approximate surface area is 182 Å². The van der Waals surface area contributed by atoms with E-state index >= 15 is 0 Å². The summed E-state index contributed by atoms with van der Waals surface area (Å²) in [7, 11) is -3.30. The van der Waals surface area contributed by atoms with Gasteiger partial charge in [-0.2, -0.15) is 0 Å². The van der Waals surface area contributed by atoms with Gasteiger partial charge in [-0.25, -0.2) is 13.2 Å². The van der Waals surface area contributed by atoms with Gasteiger partial charge < -0.3 is 4.74 Å². The number of hydrogen-bond donors (Lipinski definition) is 0. The monoisotopic (exact) mass is 430 g/mol. The van der Waals surface area contributed by atoms with Gasteiger partial charge in [0.2, 0.25) is 0 Å². The van der Waals surface area contributed by atoms with E-state index in [1.54, 1.807) is 36.4 Å². The summed E-state index contributed by atoms with van der Waals surface area (Å²) in [4.78, 5) is 12.5. The van der Waals surface area contributed by atoms with Crippen LogP contribution in [0.5, 0.6) is 0 Å². The van der Waals surface area contributed by atoms with Gasteiger partial charge in [0.1, 0.15) is 6.61 Å². The van der Waals surface area contributed by atoms with Gasteiger partial charge in [0.25, 0.3) is 0 Å². The Kier molecular flexibility index (Phi) is 6.14. The largest absolute Gasteiger partial charge is 0.457 e. The normalized spacial score (nSPS) is 11.4. The molecule has 0 atom stereocenters. The molecular weight excluding hydrogens is 408 g/mol. The highest BCUT2D eigenvalue weighted by Crippen LogP contribution is 2.20. The molecule has 0 saturated carbocycles. The molecule has 0 bridgehead atoms. The van der Waals surface area contributed by atoms with Crippen molar-refractivity contribution in [3.63, 3.8) is 0 Å². The molecule has 0 aliphatic heterocycles. The molecule has 4 aromatic rings. The lowest BCUT2D eigenvalue weighted by atomic mass is 10.1. The van der Waals surface area contributed by atoms with E-state index < -0.39 is 15.8 Å². The van der Waals surface area contributed by atoms with Crippen LogP contribution in [-0.4, -0.2) is 14.4 Å². The Morgan fingerprint density at radius 2 is 1.29 bits per heavy atom. The quantitative estimate of drug-likeness (QED) is 0.373. The predicted molar refractivity (Wildman–Crippen MR) is 122 cm³/mol. The van der Waals surface area contributed by atoms with Crippen molar-refractivity contribution in [2.45, 2.75) is 18.1 Å². The van der Waals surface area contributed by atoms with Crippen LogP contribution in [-0.2, 0) is 32.7 Å². The molecule has 0 aromatic heterocycles. The van der Waals surface area contributed by atoms with Gasteiger partial charge in [0.05, 0.1) is 17.1 Å². The van der Waals surface area contributed by atoms with Gasteiger partial charge in [0, 0.05) is 0 Å². The SMILES string of the molecule is O=C(OCc1cccc2ccccc12)c1ccc(CS(=O)(=O)Cc2ccccc2)cc1. The lowest BCUT2D eigenvalue weighted by Gasteiger charge is -2.09. The van der Waals surface area contributed by atoms with Gasteiger partial charge in [-0.05, 0) is 39.6 Å². The molecule has 31 heavy (non-hydrogen) atoms. The van der Waals surface area contributed by atoms with Crippen molar-refractivity contribution in [3.8, 4) is 0 Å². The van der Waals surface area contributed by atoms with Crippen molar-refractivity contribution in [2.24, 2.45) is 0 Å². The van der Waals surface area contributed by atoms with Gasteiger partial charge in [-0.3, -0.25) is 0 Å². The zero-order chi connectivity index (χ0) is 21.7. The number of carbonyl (C=O) groups is 1. The van der Waals surface area contributed by atoms with E-state index in [9.17, 15) is 13.2 Å². The summed E-state index contributed by atoms with van der Waals surface area (Å²) >= 11 is 0. The summed E-state index contributed by atoms with van der Waals surface area (Å²) in [6.07, 6.45) is 0. The van der Waals surface area contributed by atoms with E-state index in [-0.39, 0.29) is 18.1 Å². The molecule has 0 saturated heterocycles. The van der Waals surface area contributed by atoms with Gasteiger partial charge in [0.15, 0.2) is 9.84 Å². The maximum atomic E-state index is 12.5. The molecule has 4 aromatic carbocycles. The first kappa shape index (κ1) is 20.8. The van der Waals surface area contributed by atoms with Crippen molar-refractivity contribution < 1.29 is 17.9 Å². The van der Waals surface area contributed by atoms with Crippen molar-refractivity contribution >= 4 is 26.6 Å². The highest BCUT2D eigenvalue weighted by Gasteiger charge is 2.14. The molecule has 0 radical (unpaired) electrons. The molecule has 156 valence electrons. The van der Waals surface area contributed by atoms with E-state index in [0.717, 1.165) is 21.9 Å². The number of ether oxygens (including phenoxy) is 1. The second-order valence-corrected chi connectivity index (χ2v) is 9.49. The molecule has 5 heteroatoms. The Hall–Kier alpha value is -3.44. The first-order valence-electron chi connectivity index (χ1n) is 9.97. The molecule has 0 fully saturated rings. The topological polar surface area (TPSA) is 60.4 Å². The Bertz CT molecular complexity index is 1290. The number of benzene rings is 4.